The lowest BCUT2D eigenvalue weighted by Gasteiger charge is -2.10. The van der Waals surface area contributed by atoms with Crippen LogP contribution in [-0.4, -0.2) is 20.2 Å². The molecule has 0 bridgehead atoms. The van der Waals surface area contributed by atoms with Gasteiger partial charge in [-0.1, -0.05) is 18.2 Å². The first-order chi connectivity index (χ1) is 11.1. The van der Waals surface area contributed by atoms with Gasteiger partial charge in [0.1, 0.15) is 5.82 Å². The monoisotopic (exact) mass is 317 g/mol. The van der Waals surface area contributed by atoms with E-state index in [1.165, 1.54) is 12.1 Å². The number of nitrogens with zero attached hydrogens (tertiary/aromatic N) is 1. The van der Waals surface area contributed by atoms with Crippen LogP contribution in [0, 0.1) is 5.82 Å². The fourth-order valence-electron chi connectivity index (χ4n) is 2.05. The summed E-state index contributed by atoms with van der Waals surface area (Å²) in [7, 11) is 3.18. The molecule has 3 N–H and O–H groups in total. The summed E-state index contributed by atoms with van der Waals surface area (Å²) in [6.07, 6.45) is 0. The maximum absolute atomic E-state index is 13.1. The van der Waals surface area contributed by atoms with Gasteiger partial charge in [-0.05, 0) is 35.4 Å². The molecule has 0 radical (unpaired) electrons. The first kappa shape index (κ1) is 16.6. The third kappa shape index (κ3) is 4.88. The molecule has 6 heteroatoms. The highest BCUT2D eigenvalue weighted by molar-refractivity contribution is 5.77. The molecule has 0 spiro atoms. The van der Waals surface area contributed by atoms with Crippen molar-refractivity contribution in [3.63, 3.8) is 0 Å². The van der Waals surface area contributed by atoms with E-state index in [-0.39, 0.29) is 5.82 Å². The lowest BCUT2D eigenvalue weighted by Crippen LogP contribution is -2.31. The molecule has 2 rings (SSSR count). The number of rotatable bonds is 6. The molecule has 2 aromatic rings. The predicted octanol–water partition coefficient (Wildman–Crippen LogP) is 2.45. The van der Waals surface area contributed by atoms with Crippen molar-refractivity contribution in [1.29, 1.82) is 0 Å². The van der Waals surface area contributed by atoms with E-state index in [2.05, 4.69) is 10.3 Å². The summed E-state index contributed by atoms with van der Waals surface area (Å²) in [6, 6.07) is 11.9. The van der Waals surface area contributed by atoms with Gasteiger partial charge >= 0.3 is 0 Å². The third-order valence-electron chi connectivity index (χ3n) is 3.24. The molecule has 0 aliphatic rings. The van der Waals surface area contributed by atoms with Crippen molar-refractivity contribution in [3.8, 4) is 11.5 Å². The molecule has 0 aromatic heterocycles. The second-order valence-electron chi connectivity index (χ2n) is 4.87. The fraction of sp³-hybridized carbons (Fsp3) is 0.235. The van der Waals surface area contributed by atoms with E-state index in [0.717, 1.165) is 11.1 Å². The molecular formula is C17H20FN3O2. The van der Waals surface area contributed by atoms with Gasteiger partial charge in [0.15, 0.2) is 17.5 Å². The number of halogens is 1. The van der Waals surface area contributed by atoms with E-state index < -0.39 is 0 Å². The van der Waals surface area contributed by atoms with E-state index in [4.69, 9.17) is 15.2 Å². The highest BCUT2D eigenvalue weighted by atomic mass is 19.1. The molecule has 0 aliphatic heterocycles. The van der Waals surface area contributed by atoms with E-state index in [1.54, 1.807) is 26.4 Å². The van der Waals surface area contributed by atoms with Crippen molar-refractivity contribution in [2.24, 2.45) is 10.7 Å². The Hall–Kier alpha value is -2.76. The number of aliphatic imine (C=N–C) groups is 1. The van der Waals surface area contributed by atoms with Gasteiger partial charge in [0, 0.05) is 6.54 Å². The molecule has 0 atom stereocenters. The highest BCUT2D eigenvalue weighted by Gasteiger charge is 2.04. The maximum atomic E-state index is 13.1. The average molecular weight is 317 g/mol. The molecule has 0 aliphatic carbocycles. The van der Waals surface area contributed by atoms with Crippen LogP contribution in [0.15, 0.2) is 47.5 Å². The lowest BCUT2D eigenvalue weighted by molar-refractivity contribution is 0.354. The molecule has 122 valence electrons. The Morgan fingerprint density at radius 3 is 2.57 bits per heavy atom. The molecule has 0 heterocycles. The van der Waals surface area contributed by atoms with Crippen molar-refractivity contribution in [1.82, 2.24) is 5.32 Å². The van der Waals surface area contributed by atoms with Crippen molar-refractivity contribution < 1.29 is 13.9 Å². The Bertz CT molecular complexity index is 689. The first-order valence-electron chi connectivity index (χ1n) is 7.11. The van der Waals surface area contributed by atoms with Gasteiger partial charge < -0.3 is 20.5 Å². The van der Waals surface area contributed by atoms with Gasteiger partial charge in [-0.2, -0.15) is 0 Å². The number of benzene rings is 2. The molecule has 0 saturated heterocycles. The van der Waals surface area contributed by atoms with Gasteiger partial charge in [0.25, 0.3) is 0 Å². The Morgan fingerprint density at radius 2 is 1.87 bits per heavy atom. The second kappa shape index (κ2) is 8.03. The zero-order valence-electron chi connectivity index (χ0n) is 13.2. The van der Waals surface area contributed by atoms with Crippen LogP contribution in [0.25, 0.3) is 0 Å². The topological polar surface area (TPSA) is 68.9 Å². The van der Waals surface area contributed by atoms with Crippen molar-refractivity contribution in [3.05, 3.63) is 59.4 Å². The molecule has 0 amide bonds. The van der Waals surface area contributed by atoms with Gasteiger partial charge in [0.2, 0.25) is 0 Å². The summed E-state index contributed by atoms with van der Waals surface area (Å²) in [5.74, 6) is 1.34. The van der Waals surface area contributed by atoms with Gasteiger partial charge in [-0.25, -0.2) is 9.38 Å². The number of hydrogen-bond donors (Lipinski definition) is 2. The zero-order chi connectivity index (χ0) is 16.7. The van der Waals surface area contributed by atoms with E-state index in [9.17, 15) is 4.39 Å². The van der Waals surface area contributed by atoms with Crippen LogP contribution < -0.4 is 20.5 Å². The van der Waals surface area contributed by atoms with E-state index >= 15 is 0 Å². The number of nitrogens with two attached hydrogens (primary N) is 1. The van der Waals surface area contributed by atoms with E-state index in [0.29, 0.717) is 30.5 Å². The lowest BCUT2D eigenvalue weighted by atomic mass is 10.2. The van der Waals surface area contributed by atoms with Gasteiger partial charge in [-0.3, -0.25) is 0 Å². The molecule has 0 fully saturated rings. The smallest absolute Gasteiger partial charge is 0.189 e. The Morgan fingerprint density at radius 1 is 1.09 bits per heavy atom. The van der Waals surface area contributed by atoms with Gasteiger partial charge in [-0.15, -0.1) is 0 Å². The van der Waals surface area contributed by atoms with Crippen molar-refractivity contribution in [2.75, 3.05) is 14.2 Å². The normalized spacial score (nSPS) is 11.2. The largest absolute Gasteiger partial charge is 0.493 e. The van der Waals surface area contributed by atoms with Crippen molar-refractivity contribution in [2.45, 2.75) is 13.1 Å². The van der Waals surface area contributed by atoms with Crippen LogP contribution in [0.5, 0.6) is 11.5 Å². The molecular weight excluding hydrogens is 297 g/mol. The maximum Gasteiger partial charge on any atom is 0.189 e. The average Bonchev–Trinajstić information content (AvgIpc) is 2.57. The minimum atomic E-state index is -0.283. The fourth-order valence-corrected chi connectivity index (χ4v) is 2.05. The first-order valence-corrected chi connectivity index (χ1v) is 7.11. The number of nitrogens with one attached hydrogen (secondary N) is 1. The molecule has 0 saturated carbocycles. The highest BCUT2D eigenvalue weighted by Crippen LogP contribution is 2.27. The van der Waals surface area contributed by atoms with Crippen LogP contribution in [-0.2, 0) is 13.1 Å². The Kier molecular flexibility index (Phi) is 5.80. The van der Waals surface area contributed by atoms with Crippen LogP contribution in [0.2, 0.25) is 0 Å². The van der Waals surface area contributed by atoms with Crippen LogP contribution in [0.3, 0.4) is 0 Å². The number of hydrogen-bond acceptors (Lipinski definition) is 3. The zero-order valence-corrected chi connectivity index (χ0v) is 13.2. The summed E-state index contributed by atoms with van der Waals surface area (Å²) < 4.78 is 23.5. The van der Waals surface area contributed by atoms with E-state index in [1.807, 2.05) is 18.2 Å². The summed E-state index contributed by atoms with van der Waals surface area (Å²) in [5, 5.41) is 3.01. The number of ether oxygens (including phenoxy) is 2. The number of guanidine groups is 1. The molecule has 23 heavy (non-hydrogen) atoms. The summed E-state index contributed by atoms with van der Waals surface area (Å²) in [4.78, 5) is 4.19. The predicted molar refractivity (Wildman–Crippen MR) is 88.1 cm³/mol. The molecule has 2 aromatic carbocycles. The standard InChI is InChI=1S/C17H20FN3O2/c1-22-15-7-6-13(9-16(15)23-2)11-21-17(19)20-10-12-4-3-5-14(18)8-12/h3-9H,10-11H2,1-2H3,(H3,19,20,21). The Labute approximate surface area is 134 Å². The Balaban J connectivity index is 1.93. The SMILES string of the molecule is COc1ccc(CNC(N)=NCc2cccc(F)c2)cc1OC. The minimum absolute atomic E-state index is 0.283. The van der Waals surface area contributed by atoms with Crippen LogP contribution in [0.1, 0.15) is 11.1 Å². The summed E-state index contributed by atoms with van der Waals surface area (Å²) in [5.41, 5.74) is 7.57. The molecule has 0 unspecified atom stereocenters. The van der Waals surface area contributed by atoms with Gasteiger partial charge in [0.05, 0.1) is 20.8 Å². The van der Waals surface area contributed by atoms with Crippen LogP contribution >= 0.6 is 0 Å². The number of methoxy groups -OCH3 is 2. The summed E-state index contributed by atoms with van der Waals surface area (Å²) >= 11 is 0. The van der Waals surface area contributed by atoms with Crippen LogP contribution in [0.4, 0.5) is 4.39 Å². The quantitative estimate of drug-likeness (QED) is 0.634. The summed E-state index contributed by atoms with van der Waals surface area (Å²) in [6.45, 7) is 0.821. The van der Waals surface area contributed by atoms with Crippen molar-refractivity contribution >= 4 is 5.96 Å². The molecule has 5 nitrogen and oxygen atoms in total. The third-order valence-corrected chi connectivity index (χ3v) is 3.24. The second-order valence-corrected chi connectivity index (χ2v) is 4.87. The minimum Gasteiger partial charge on any atom is -0.493 e.